The van der Waals surface area contributed by atoms with Crippen molar-refractivity contribution in [2.24, 2.45) is 11.3 Å². The summed E-state index contributed by atoms with van der Waals surface area (Å²) in [4.78, 5) is 10.9. The molecule has 18 heavy (non-hydrogen) atoms. The Morgan fingerprint density at radius 1 is 1.44 bits per heavy atom. The normalized spacial score (nSPS) is 20.2. The van der Waals surface area contributed by atoms with Gasteiger partial charge in [-0.25, -0.2) is 0 Å². The smallest absolute Gasteiger partial charge is 0.302 e. The SMILES string of the molecule is C=C(C)C1CCC(C)=C1CC(C)(C)COC(C)=O. The molecule has 2 heteroatoms. The van der Waals surface area contributed by atoms with Crippen molar-refractivity contribution in [3.63, 3.8) is 0 Å². The van der Waals surface area contributed by atoms with Crippen LogP contribution < -0.4 is 0 Å². The van der Waals surface area contributed by atoms with Crippen molar-refractivity contribution in [2.75, 3.05) is 6.61 Å². The number of hydrogen-bond acceptors (Lipinski definition) is 2. The molecule has 1 unspecified atom stereocenters. The van der Waals surface area contributed by atoms with Crippen molar-refractivity contribution >= 4 is 5.97 Å². The summed E-state index contributed by atoms with van der Waals surface area (Å²) in [5, 5.41) is 0. The first-order valence-electron chi connectivity index (χ1n) is 6.70. The zero-order valence-electron chi connectivity index (χ0n) is 12.4. The van der Waals surface area contributed by atoms with E-state index in [-0.39, 0.29) is 11.4 Å². The molecule has 0 aromatic rings. The lowest BCUT2D eigenvalue weighted by Gasteiger charge is -2.28. The molecule has 0 aromatic carbocycles. The molecule has 0 fully saturated rings. The third-order valence-corrected chi connectivity index (χ3v) is 3.71. The Kier molecular flexibility index (Phi) is 4.78. The van der Waals surface area contributed by atoms with Crippen LogP contribution >= 0.6 is 0 Å². The molecule has 0 radical (unpaired) electrons. The molecular formula is C16H26O2. The average molecular weight is 250 g/mol. The van der Waals surface area contributed by atoms with E-state index in [1.54, 1.807) is 0 Å². The fourth-order valence-corrected chi connectivity index (χ4v) is 2.67. The molecule has 0 aliphatic heterocycles. The van der Waals surface area contributed by atoms with Crippen molar-refractivity contribution in [1.82, 2.24) is 0 Å². The van der Waals surface area contributed by atoms with E-state index < -0.39 is 0 Å². The van der Waals surface area contributed by atoms with E-state index in [2.05, 4.69) is 34.3 Å². The second kappa shape index (κ2) is 5.73. The Balaban J connectivity index is 2.72. The number of hydrogen-bond donors (Lipinski definition) is 0. The van der Waals surface area contributed by atoms with Gasteiger partial charge in [0, 0.05) is 18.3 Å². The third-order valence-electron chi connectivity index (χ3n) is 3.71. The maximum absolute atomic E-state index is 10.9. The highest BCUT2D eigenvalue weighted by Gasteiger charge is 2.30. The Morgan fingerprint density at radius 3 is 2.56 bits per heavy atom. The van der Waals surface area contributed by atoms with Crippen LogP contribution in [0.5, 0.6) is 0 Å². The molecule has 102 valence electrons. The predicted octanol–water partition coefficient (Wildman–Crippen LogP) is 4.27. The van der Waals surface area contributed by atoms with E-state index in [4.69, 9.17) is 4.74 Å². The molecule has 0 N–H and O–H groups in total. The fourth-order valence-electron chi connectivity index (χ4n) is 2.67. The van der Waals surface area contributed by atoms with Crippen LogP contribution in [0.25, 0.3) is 0 Å². The minimum atomic E-state index is -0.198. The van der Waals surface area contributed by atoms with Crippen LogP contribution in [0, 0.1) is 11.3 Å². The lowest BCUT2D eigenvalue weighted by molar-refractivity contribution is -0.143. The maximum Gasteiger partial charge on any atom is 0.302 e. The van der Waals surface area contributed by atoms with Gasteiger partial charge in [-0.3, -0.25) is 4.79 Å². The van der Waals surface area contributed by atoms with Gasteiger partial charge in [-0.05, 0) is 33.1 Å². The van der Waals surface area contributed by atoms with Gasteiger partial charge in [-0.2, -0.15) is 0 Å². The van der Waals surface area contributed by atoms with Gasteiger partial charge in [0.1, 0.15) is 0 Å². The van der Waals surface area contributed by atoms with Crippen LogP contribution in [-0.4, -0.2) is 12.6 Å². The number of carbonyl (C=O) groups excluding carboxylic acids is 1. The molecular weight excluding hydrogens is 224 g/mol. The first kappa shape index (κ1) is 15.0. The molecule has 0 amide bonds. The second-order valence-corrected chi connectivity index (χ2v) is 6.36. The minimum absolute atomic E-state index is 0.000301. The summed E-state index contributed by atoms with van der Waals surface area (Å²) in [6.07, 6.45) is 3.36. The molecule has 0 saturated carbocycles. The van der Waals surface area contributed by atoms with Gasteiger partial charge in [0.2, 0.25) is 0 Å². The summed E-state index contributed by atoms with van der Waals surface area (Å²) in [5.41, 5.74) is 4.27. The van der Waals surface area contributed by atoms with Gasteiger partial charge in [-0.1, -0.05) is 37.1 Å². The first-order valence-corrected chi connectivity index (χ1v) is 6.70. The highest BCUT2D eigenvalue weighted by molar-refractivity contribution is 5.65. The topological polar surface area (TPSA) is 26.3 Å². The number of esters is 1. The standard InChI is InChI=1S/C16H26O2/c1-11(2)14-8-7-12(3)15(14)9-16(5,6)10-18-13(4)17/h14H,1,7-10H2,2-6H3. The van der Waals surface area contributed by atoms with Crippen molar-refractivity contribution in [1.29, 1.82) is 0 Å². The molecule has 0 saturated heterocycles. The predicted molar refractivity (Wildman–Crippen MR) is 75.3 cm³/mol. The van der Waals surface area contributed by atoms with Gasteiger partial charge in [-0.15, -0.1) is 0 Å². The highest BCUT2D eigenvalue weighted by atomic mass is 16.5. The molecule has 0 aromatic heterocycles. The Bertz CT molecular complexity index is 375. The zero-order valence-corrected chi connectivity index (χ0v) is 12.4. The summed E-state index contributed by atoms with van der Waals surface area (Å²) in [7, 11) is 0. The summed E-state index contributed by atoms with van der Waals surface area (Å²) in [5.74, 6) is 0.332. The Labute approximate surface area is 111 Å². The molecule has 1 aliphatic carbocycles. The third kappa shape index (κ3) is 4.01. The van der Waals surface area contributed by atoms with E-state index in [0.29, 0.717) is 12.5 Å². The van der Waals surface area contributed by atoms with Crippen molar-refractivity contribution < 1.29 is 9.53 Å². The van der Waals surface area contributed by atoms with Gasteiger partial charge in [0.15, 0.2) is 0 Å². The quantitative estimate of drug-likeness (QED) is 0.538. The number of allylic oxidation sites excluding steroid dienone is 3. The van der Waals surface area contributed by atoms with E-state index in [0.717, 1.165) is 6.42 Å². The first-order chi connectivity index (χ1) is 8.23. The van der Waals surface area contributed by atoms with Crippen LogP contribution in [0.4, 0.5) is 0 Å². The van der Waals surface area contributed by atoms with Crippen LogP contribution in [0.1, 0.15) is 53.9 Å². The van der Waals surface area contributed by atoms with Crippen LogP contribution in [0.2, 0.25) is 0 Å². The fraction of sp³-hybridized carbons (Fsp3) is 0.688. The maximum atomic E-state index is 10.9. The molecule has 0 bridgehead atoms. The highest BCUT2D eigenvalue weighted by Crippen LogP contribution is 2.42. The Hall–Kier alpha value is -1.05. The van der Waals surface area contributed by atoms with Gasteiger partial charge >= 0.3 is 5.97 Å². The van der Waals surface area contributed by atoms with Crippen molar-refractivity contribution in [3.05, 3.63) is 23.3 Å². The number of carbonyl (C=O) groups is 1. The van der Waals surface area contributed by atoms with E-state index in [1.807, 2.05) is 0 Å². The van der Waals surface area contributed by atoms with Gasteiger partial charge < -0.3 is 4.74 Å². The molecule has 2 nitrogen and oxygen atoms in total. The minimum Gasteiger partial charge on any atom is -0.465 e. The molecule has 0 heterocycles. The van der Waals surface area contributed by atoms with E-state index in [1.165, 1.54) is 36.5 Å². The van der Waals surface area contributed by atoms with Crippen LogP contribution in [0.15, 0.2) is 23.3 Å². The molecule has 1 rings (SSSR count). The monoisotopic (exact) mass is 250 g/mol. The summed E-state index contributed by atoms with van der Waals surface area (Å²) < 4.78 is 5.16. The van der Waals surface area contributed by atoms with Gasteiger partial charge in [0.25, 0.3) is 0 Å². The van der Waals surface area contributed by atoms with Crippen LogP contribution in [0.3, 0.4) is 0 Å². The average Bonchev–Trinajstić information content (AvgIpc) is 2.57. The lowest BCUT2D eigenvalue weighted by atomic mass is 9.80. The van der Waals surface area contributed by atoms with E-state index in [9.17, 15) is 4.79 Å². The molecule has 0 spiro atoms. The number of rotatable bonds is 5. The largest absolute Gasteiger partial charge is 0.465 e. The lowest BCUT2D eigenvalue weighted by Crippen LogP contribution is -2.23. The van der Waals surface area contributed by atoms with Crippen LogP contribution in [-0.2, 0) is 9.53 Å². The second-order valence-electron chi connectivity index (χ2n) is 6.36. The summed E-state index contributed by atoms with van der Waals surface area (Å²) in [6.45, 7) is 14.7. The zero-order chi connectivity index (χ0) is 13.9. The van der Waals surface area contributed by atoms with Crippen molar-refractivity contribution in [2.45, 2.75) is 53.9 Å². The summed E-state index contributed by atoms with van der Waals surface area (Å²) >= 11 is 0. The van der Waals surface area contributed by atoms with Gasteiger partial charge in [0.05, 0.1) is 6.61 Å². The molecule has 1 atom stereocenters. The number of ether oxygens (including phenoxy) is 1. The Morgan fingerprint density at radius 2 is 2.06 bits per heavy atom. The van der Waals surface area contributed by atoms with E-state index >= 15 is 0 Å². The summed E-state index contributed by atoms with van der Waals surface area (Å²) in [6, 6.07) is 0. The van der Waals surface area contributed by atoms with Crippen molar-refractivity contribution in [3.8, 4) is 0 Å². The molecule has 1 aliphatic rings.